The summed E-state index contributed by atoms with van der Waals surface area (Å²) >= 11 is 6.02. The van der Waals surface area contributed by atoms with Crippen LogP contribution in [0.15, 0.2) is 30.6 Å². The van der Waals surface area contributed by atoms with Crippen molar-refractivity contribution in [1.82, 2.24) is 14.5 Å². The van der Waals surface area contributed by atoms with Crippen molar-refractivity contribution in [3.8, 4) is 0 Å². The third kappa shape index (κ3) is 3.24. The van der Waals surface area contributed by atoms with E-state index in [1.54, 1.807) is 11.1 Å². The predicted molar refractivity (Wildman–Crippen MR) is 87.2 cm³/mol. The molecule has 3 rings (SSSR count). The molecular weight excluding hydrogens is 317 g/mol. The molecule has 0 saturated carbocycles. The van der Waals surface area contributed by atoms with Gasteiger partial charge >= 0.3 is 0 Å². The van der Waals surface area contributed by atoms with E-state index in [0.29, 0.717) is 18.7 Å². The van der Waals surface area contributed by atoms with Gasteiger partial charge in [-0.3, -0.25) is 4.79 Å². The molecule has 23 heavy (non-hydrogen) atoms. The maximum atomic E-state index is 13.2. The van der Waals surface area contributed by atoms with Crippen LogP contribution in [0.3, 0.4) is 0 Å². The van der Waals surface area contributed by atoms with Crippen molar-refractivity contribution in [2.75, 3.05) is 13.1 Å². The maximum absolute atomic E-state index is 13.2. The number of aryl methyl sites for hydroxylation is 1. The van der Waals surface area contributed by atoms with E-state index < -0.39 is 5.82 Å². The van der Waals surface area contributed by atoms with Gasteiger partial charge in [-0.15, -0.1) is 0 Å². The first-order valence-electron chi connectivity index (χ1n) is 7.85. The molecule has 0 bridgehead atoms. The van der Waals surface area contributed by atoms with Crippen LogP contribution in [0.2, 0.25) is 5.02 Å². The second kappa shape index (κ2) is 6.71. The number of likely N-dealkylation sites (tertiary alicyclic amines) is 1. The number of aromatic nitrogens is 2. The standard InChI is InChI=1S/C17H19ClFN3O/c1-2-21-9-7-20-16(21)12-4-3-8-22(11-12)17(23)14-6-5-13(19)10-15(14)18/h5-7,9-10,12H,2-4,8,11H2,1H3/t12-/m0/s1. The fourth-order valence-corrected chi connectivity index (χ4v) is 3.40. The van der Waals surface area contributed by atoms with E-state index in [1.807, 2.05) is 6.20 Å². The van der Waals surface area contributed by atoms with Crippen LogP contribution in [0.5, 0.6) is 0 Å². The summed E-state index contributed by atoms with van der Waals surface area (Å²) in [6.45, 7) is 4.25. The molecule has 0 N–H and O–H groups in total. The number of imidazole rings is 1. The van der Waals surface area contributed by atoms with E-state index >= 15 is 0 Å². The van der Waals surface area contributed by atoms with E-state index in [0.717, 1.165) is 25.2 Å². The van der Waals surface area contributed by atoms with Gasteiger partial charge in [0.2, 0.25) is 0 Å². The third-order valence-corrected chi connectivity index (χ3v) is 4.64. The van der Waals surface area contributed by atoms with Crippen molar-refractivity contribution in [3.05, 3.63) is 52.8 Å². The summed E-state index contributed by atoms with van der Waals surface area (Å²) in [6, 6.07) is 3.90. The fourth-order valence-electron chi connectivity index (χ4n) is 3.15. The zero-order valence-corrected chi connectivity index (χ0v) is 13.8. The first-order chi connectivity index (χ1) is 11.1. The number of amides is 1. The van der Waals surface area contributed by atoms with Gasteiger partial charge < -0.3 is 9.47 Å². The number of nitrogens with zero attached hydrogens (tertiary/aromatic N) is 3. The molecule has 2 aromatic rings. The minimum atomic E-state index is -0.437. The Morgan fingerprint density at radius 1 is 1.48 bits per heavy atom. The Labute approximate surface area is 139 Å². The number of benzene rings is 1. The minimum absolute atomic E-state index is 0.144. The number of hydrogen-bond donors (Lipinski definition) is 0. The SMILES string of the molecule is CCn1ccnc1[C@H]1CCCN(C(=O)c2ccc(F)cc2Cl)C1. The minimum Gasteiger partial charge on any atom is -0.338 e. The van der Waals surface area contributed by atoms with Crippen molar-refractivity contribution in [2.45, 2.75) is 32.2 Å². The number of carbonyl (C=O) groups excluding carboxylic acids is 1. The summed E-state index contributed by atoms with van der Waals surface area (Å²) in [4.78, 5) is 18.9. The number of rotatable bonds is 3. The quantitative estimate of drug-likeness (QED) is 0.857. The lowest BCUT2D eigenvalue weighted by atomic mass is 9.96. The van der Waals surface area contributed by atoms with Gasteiger partial charge in [0.25, 0.3) is 5.91 Å². The summed E-state index contributed by atoms with van der Waals surface area (Å²) in [5, 5.41) is 0.159. The van der Waals surface area contributed by atoms with E-state index in [9.17, 15) is 9.18 Å². The molecule has 1 aromatic heterocycles. The Kier molecular flexibility index (Phi) is 4.66. The molecule has 4 nitrogen and oxygen atoms in total. The van der Waals surface area contributed by atoms with Crippen LogP contribution >= 0.6 is 11.6 Å². The van der Waals surface area contributed by atoms with Crippen molar-refractivity contribution < 1.29 is 9.18 Å². The zero-order chi connectivity index (χ0) is 16.4. The lowest BCUT2D eigenvalue weighted by Gasteiger charge is -2.33. The Morgan fingerprint density at radius 2 is 2.30 bits per heavy atom. The van der Waals surface area contributed by atoms with Gasteiger partial charge in [0, 0.05) is 37.9 Å². The van der Waals surface area contributed by atoms with Crippen LogP contribution < -0.4 is 0 Å². The molecule has 1 aliphatic heterocycles. The summed E-state index contributed by atoms with van der Waals surface area (Å²) in [5.41, 5.74) is 0.354. The number of halogens is 2. The molecule has 1 atom stereocenters. The molecule has 1 aromatic carbocycles. The van der Waals surface area contributed by atoms with E-state index in [-0.39, 0.29) is 16.8 Å². The van der Waals surface area contributed by atoms with Gasteiger partial charge in [-0.25, -0.2) is 9.37 Å². The molecule has 0 unspecified atom stereocenters. The summed E-state index contributed by atoms with van der Waals surface area (Å²) in [5.74, 6) is 0.666. The van der Waals surface area contributed by atoms with Crippen LogP contribution in [0.1, 0.15) is 41.9 Å². The Hall–Kier alpha value is -1.88. The van der Waals surface area contributed by atoms with Crippen molar-refractivity contribution >= 4 is 17.5 Å². The van der Waals surface area contributed by atoms with E-state index in [1.165, 1.54) is 18.2 Å². The van der Waals surface area contributed by atoms with Gasteiger partial charge in [0.05, 0.1) is 10.6 Å². The molecule has 2 heterocycles. The van der Waals surface area contributed by atoms with Gasteiger partial charge in [0.1, 0.15) is 11.6 Å². The maximum Gasteiger partial charge on any atom is 0.255 e. The van der Waals surface area contributed by atoms with Crippen LogP contribution in [-0.4, -0.2) is 33.4 Å². The second-order valence-corrected chi connectivity index (χ2v) is 6.19. The first kappa shape index (κ1) is 16.0. The lowest BCUT2D eigenvalue weighted by molar-refractivity contribution is 0.0703. The summed E-state index contributed by atoms with van der Waals surface area (Å²) < 4.78 is 15.3. The predicted octanol–water partition coefficient (Wildman–Crippen LogP) is 3.72. The third-order valence-electron chi connectivity index (χ3n) is 4.32. The molecule has 1 saturated heterocycles. The average molecular weight is 336 g/mol. The monoisotopic (exact) mass is 335 g/mol. The first-order valence-corrected chi connectivity index (χ1v) is 8.23. The van der Waals surface area contributed by atoms with Gasteiger partial charge in [-0.2, -0.15) is 0 Å². The highest BCUT2D eigenvalue weighted by Gasteiger charge is 2.28. The molecule has 0 radical (unpaired) electrons. The molecular formula is C17H19ClFN3O. The largest absolute Gasteiger partial charge is 0.338 e. The van der Waals surface area contributed by atoms with Crippen molar-refractivity contribution in [2.24, 2.45) is 0 Å². The van der Waals surface area contributed by atoms with Gasteiger partial charge in [-0.1, -0.05) is 11.6 Å². The smallest absolute Gasteiger partial charge is 0.255 e. The van der Waals surface area contributed by atoms with E-state index in [2.05, 4.69) is 16.5 Å². The van der Waals surface area contributed by atoms with E-state index in [4.69, 9.17) is 11.6 Å². The van der Waals surface area contributed by atoms with Crippen LogP contribution in [0, 0.1) is 5.82 Å². The molecule has 6 heteroatoms. The highest BCUT2D eigenvalue weighted by atomic mass is 35.5. The molecule has 0 spiro atoms. The number of carbonyl (C=O) groups is 1. The topological polar surface area (TPSA) is 38.1 Å². The zero-order valence-electron chi connectivity index (χ0n) is 13.0. The molecule has 122 valence electrons. The molecule has 1 aliphatic rings. The number of hydrogen-bond acceptors (Lipinski definition) is 2. The highest BCUT2D eigenvalue weighted by Crippen LogP contribution is 2.28. The highest BCUT2D eigenvalue weighted by molar-refractivity contribution is 6.33. The van der Waals surface area contributed by atoms with Gasteiger partial charge in [0.15, 0.2) is 0 Å². The van der Waals surface area contributed by atoms with Crippen molar-refractivity contribution in [1.29, 1.82) is 0 Å². The summed E-state index contributed by atoms with van der Waals surface area (Å²) in [7, 11) is 0. The normalized spacial score (nSPS) is 18.2. The second-order valence-electron chi connectivity index (χ2n) is 5.79. The fraction of sp³-hybridized carbons (Fsp3) is 0.412. The molecule has 0 aliphatic carbocycles. The van der Waals surface area contributed by atoms with Crippen LogP contribution in [0.25, 0.3) is 0 Å². The Balaban J connectivity index is 1.79. The average Bonchev–Trinajstić information content (AvgIpc) is 3.03. The van der Waals surface area contributed by atoms with Crippen LogP contribution in [0.4, 0.5) is 4.39 Å². The Bertz CT molecular complexity index is 716. The molecule has 1 amide bonds. The lowest BCUT2D eigenvalue weighted by Crippen LogP contribution is -2.39. The van der Waals surface area contributed by atoms with Crippen molar-refractivity contribution in [3.63, 3.8) is 0 Å². The van der Waals surface area contributed by atoms with Gasteiger partial charge in [-0.05, 0) is 38.0 Å². The number of piperidine rings is 1. The van der Waals surface area contributed by atoms with Crippen LogP contribution in [-0.2, 0) is 6.54 Å². The summed E-state index contributed by atoms with van der Waals surface area (Å²) in [6.07, 6.45) is 5.70. The Morgan fingerprint density at radius 3 is 3.04 bits per heavy atom. The molecule has 1 fully saturated rings.